The van der Waals surface area contributed by atoms with Gasteiger partial charge in [0, 0.05) is 6.54 Å². The molecule has 1 N–H and O–H groups in total. The topological polar surface area (TPSA) is 80.8 Å². The number of hydrogen-bond acceptors (Lipinski definition) is 7. The van der Waals surface area contributed by atoms with E-state index in [-0.39, 0.29) is 18.6 Å². The van der Waals surface area contributed by atoms with Gasteiger partial charge in [-0.2, -0.15) is 4.21 Å². The molecule has 4 rings (SSSR count). The Bertz CT molecular complexity index is 353. The Balaban J connectivity index is 1.64. The smallest absolute Gasteiger partial charge is 0.305 e. The van der Waals surface area contributed by atoms with Crippen molar-refractivity contribution in [3.63, 3.8) is 0 Å². The van der Waals surface area contributed by atoms with Gasteiger partial charge >= 0.3 is 11.4 Å². The number of nitrogens with zero attached hydrogens (tertiary/aromatic N) is 1. The molecule has 4 aliphatic heterocycles. The van der Waals surface area contributed by atoms with Crippen molar-refractivity contribution in [2.24, 2.45) is 0 Å². The van der Waals surface area contributed by atoms with Gasteiger partial charge in [-0.25, -0.2) is 0 Å². The molecule has 4 unspecified atom stereocenters. The van der Waals surface area contributed by atoms with Gasteiger partial charge in [-0.1, -0.05) is 0 Å². The van der Waals surface area contributed by atoms with E-state index < -0.39 is 29.7 Å². The van der Waals surface area contributed by atoms with Gasteiger partial charge in [-0.05, 0) is 0 Å². The Morgan fingerprint density at radius 2 is 2.12 bits per heavy atom. The standard InChI is InChI=1S/C8H11NO6S/c10-4-1-9-3(2-12-8-7(9)13-8)5-6(4)15-16(11)14-5/h3-8,10H,1-2H2/t3-,4+,5+,6?,7?,8?,16?/m1/s1. The van der Waals surface area contributed by atoms with Crippen LogP contribution in [-0.4, -0.2) is 64.2 Å². The molecular formula is C8H11NO6S. The van der Waals surface area contributed by atoms with Crippen LogP contribution in [0.1, 0.15) is 0 Å². The normalized spacial score (nSPS) is 59.9. The average molecular weight is 249 g/mol. The highest BCUT2D eigenvalue weighted by Gasteiger charge is 2.60. The van der Waals surface area contributed by atoms with Crippen LogP contribution >= 0.6 is 0 Å². The molecule has 0 aromatic rings. The first-order valence-electron chi connectivity index (χ1n) is 5.21. The number of rotatable bonds is 0. The zero-order valence-corrected chi connectivity index (χ0v) is 9.04. The first-order chi connectivity index (χ1) is 7.74. The van der Waals surface area contributed by atoms with E-state index in [9.17, 15) is 9.32 Å². The molecule has 4 aliphatic rings. The summed E-state index contributed by atoms with van der Waals surface area (Å²) in [4.78, 5) is 2.01. The highest BCUT2D eigenvalue weighted by atomic mass is 32.2. The molecule has 0 aromatic carbocycles. The zero-order chi connectivity index (χ0) is 10.9. The van der Waals surface area contributed by atoms with Crippen LogP contribution in [0.15, 0.2) is 0 Å². The summed E-state index contributed by atoms with van der Waals surface area (Å²) in [6.45, 7) is 0.895. The monoisotopic (exact) mass is 249 g/mol. The number of hydrogen-bond donors (Lipinski definition) is 1. The van der Waals surface area contributed by atoms with Gasteiger partial charge in [-0.15, -0.1) is 0 Å². The van der Waals surface area contributed by atoms with Gasteiger partial charge in [0.05, 0.1) is 18.8 Å². The molecule has 7 atom stereocenters. The summed E-state index contributed by atoms with van der Waals surface area (Å²) in [6, 6.07) is -0.0522. The molecule has 0 radical (unpaired) electrons. The summed E-state index contributed by atoms with van der Waals surface area (Å²) >= 11 is -1.76. The van der Waals surface area contributed by atoms with Crippen LogP contribution < -0.4 is 0 Å². The van der Waals surface area contributed by atoms with Gasteiger partial charge in [0.1, 0.15) is 12.2 Å². The summed E-state index contributed by atoms with van der Waals surface area (Å²) in [7, 11) is 0. The van der Waals surface area contributed by atoms with Crippen LogP contribution in [-0.2, 0) is 29.2 Å². The first kappa shape index (κ1) is 9.89. The third kappa shape index (κ3) is 1.26. The molecule has 7 nitrogen and oxygen atoms in total. The van der Waals surface area contributed by atoms with Crippen LogP contribution in [0.25, 0.3) is 0 Å². The van der Waals surface area contributed by atoms with E-state index in [0.29, 0.717) is 13.2 Å². The molecule has 0 spiro atoms. The highest BCUT2D eigenvalue weighted by molar-refractivity contribution is 7.75. The van der Waals surface area contributed by atoms with E-state index in [2.05, 4.69) is 0 Å². The number of piperidine rings is 1. The Morgan fingerprint density at radius 1 is 1.31 bits per heavy atom. The molecule has 0 aromatic heterocycles. The lowest BCUT2D eigenvalue weighted by Crippen LogP contribution is -2.64. The van der Waals surface area contributed by atoms with E-state index in [1.807, 2.05) is 4.90 Å². The van der Waals surface area contributed by atoms with Crippen LogP contribution in [0.4, 0.5) is 0 Å². The quantitative estimate of drug-likeness (QED) is 0.502. The van der Waals surface area contributed by atoms with Gasteiger partial charge in [-0.3, -0.25) is 13.3 Å². The number of fused-ring (bicyclic) bond motifs is 5. The molecule has 4 heterocycles. The number of ether oxygens (including phenoxy) is 2. The van der Waals surface area contributed by atoms with E-state index in [1.165, 1.54) is 0 Å². The second kappa shape index (κ2) is 3.22. The number of morpholine rings is 1. The lowest BCUT2D eigenvalue weighted by molar-refractivity contribution is -0.128. The van der Waals surface area contributed by atoms with Gasteiger partial charge in [0.25, 0.3) is 0 Å². The predicted octanol–water partition coefficient (Wildman–Crippen LogP) is -1.89. The van der Waals surface area contributed by atoms with Crippen LogP contribution in [0.3, 0.4) is 0 Å². The largest absolute Gasteiger partial charge is 0.389 e. The summed E-state index contributed by atoms with van der Waals surface area (Å²) in [5.74, 6) is 0. The fourth-order valence-corrected chi connectivity index (χ4v) is 3.53. The Labute approximate surface area is 94.1 Å². The van der Waals surface area contributed by atoms with E-state index in [0.717, 1.165) is 0 Å². The molecule has 0 aliphatic carbocycles. The highest BCUT2D eigenvalue weighted by Crippen LogP contribution is 2.40. The second-order valence-corrected chi connectivity index (χ2v) is 5.18. The van der Waals surface area contributed by atoms with Crippen LogP contribution in [0.2, 0.25) is 0 Å². The minimum atomic E-state index is -1.76. The van der Waals surface area contributed by atoms with Gasteiger partial charge in [0.2, 0.25) is 0 Å². The van der Waals surface area contributed by atoms with Crippen molar-refractivity contribution in [2.45, 2.75) is 36.9 Å². The Kier molecular flexibility index (Phi) is 1.99. The van der Waals surface area contributed by atoms with Crippen molar-refractivity contribution < 1.29 is 27.2 Å². The molecule has 4 saturated heterocycles. The van der Waals surface area contributed by atoms with E-state index in [1.54, 1.807) is 0 Å². The van der Waals surface area contributed by atoms with Crippen LogP contribution in [0, 0.1) is 0 Å². The first-order valence-corrected chi connectivity index (χ1v) is 6.21. The van der Waals surface area contributed by atoms with Gasteiger partial charge < -0.3 is 14.6 Å². The van der Waals surface area contributed by atoms with E-state index in [4.69, 9.17) is 17.8 Å². The van der Waals surface area contributed by atoms with Crippen molar-refractivity contribution in [3.8, 4) is 0 Å². The minimum absolute atomic E-state index is 0.0522. The van der Waals surface area contributed by atoms with Gasteiger partial charge in [0.15, 0.2) is 12.5 Å². The fourth-order valence-electron chi connectivity index (χ4n) is 2.65. The predicted molar refractivity (Wildman–Crippen MR) is 49.0 cm³/mol. The number of aliphatic hydroxyl groups is 1. The second-order valence-electron chi connectivity index (χ2n) is 4.39. The maximum absolute atomic E-state index is 11.2. The molecular weight excluding hydrogens is 238 g/mol. The summed E-state index contributed by atoms with van der Waals surface area (Å²) in [5, 5.41) is 9.89. The zero-order valence-electron chi connectivity index (χ0n) is 8.22. The average Bonchev–Trinajstić information content (AvgIpc) is 2.94. The van der Waals surface area contributed by atoms with Crippen molar-refractivity contribution in [1.29, 1.82) is 0 Å². The third-order valence-corrected chi connectivity index (χ3v) is 4.23. The maximum atomic E-state index is 11.2. The molecule has 0 amide bonds. The minimum Gasteiger partial charge on any atom is -0.389 e. The number of epoxide rings is 1. The molecule has 4 fully saturated rings. The molecule has 16 heavy (non-hydrogen) atoms. The fraction of sp³-hybridized carbons (Fsp3) is 1.00. The van der Waals surface area contributed by atoms with Crippen molar-refractivity contribution in [1.82, 2.24) is 4.90 Å². The van der Waals surface area contributed by atoms with Crippen molar-refractivity contribution >= 4 is 11.4 Å². The SMILES string of the molecule is O=S1OC2[C@@H](O1)[C@H]1COC3OC3N1C[C@@H]2O. The van der Waals surface area contributed by atoms with Crippen LogP contribution in [0.5, 0.6) is 0 Å². The summed E-state index contributed by atoms with van der Waals surface area (Å²) in [5.41, 5.74) is 0. The molecule has 0 saturated carbocycles. The lowest BCUT2D eigenvalue weighted by atomic mass is 9.93. The molecule has 8 heteroatoms. The maximum Gasteiger partial charge on any atom is 0.305 e. The lowest BCUT2D eigenvalue weighted by Gasteiger charge is -2.43. The summed E-state index contributed by atoms with van der Waals surface area (Å²) < 4.78 is 32.1. The number of aliphatic hydroxyl groups excluding tert-OH is 1. The summed E-state index contributed by atoms with van der Waals surface area (Å²) in [6.07, 6.45) is -1.90. The van der Waals surface area contributed by atoms with Crippen molar-refractivity contribution in [3.05, 3.63) is 0 Å². The van der Waals surface area contributed by atoms with Crippen molar-refractivity contribution in [2.75, 3.05) is 13.2 Å². The third-order valence-electron chi connectivity index (χ3n) is 3.47. The Hall–Kier alpha value is -0.0900. The molecule has 90 valence electrons. The molecule has 0 bridgehead atoms. The Morgan fingerprint density at radius 3 is 3.00 bits per heavy atom. The van der Waals surface area contributed by atoms with E-state index >= 15 is 0 Å².